The normalized spacial score (nSPS) is 11.5. The molecule has 2 heterocycles. The fourth-order valence-electron chi connectivity index (χ4n) is 3.36. The second-order valence-electron chi connectivity index (χ2n) is 8.17. The van der Waals surface area contributed by atoms with Gasteiger partial charge in [-0.15, -0.1) is 0 Å². The van der Waals surface area contributed by atoms with Gasteiger partial charge in [0.25, 0.3) is 0 Å². The fourth-order valence-corrected chi connectivity index (χ4v) is 3.59. The molecule has 4 aromatic rings. The van der Waals surface area contributed by atoms with E-state index in [-0.39, 0.29) is 0 Å². The van der Waals surface area contributed by atoms with Gasteiger partial charge >= 0.3 is 6.09 Å². The number of fused-ring (bicyclic) bond motifs is 1. The van der Waals surface area contributed by atoms with E-state index in [0.29, 0.717) is 11.7 Å². The van der Waals surface area contributed by atoms with E-state index in [1.165, 1.54) is 6.33 Å². The van der Waals surface area contributed by atoms with Crippen LogP contribution >= 0.6 is 11.6 Å². The number of para-hydroxylation sites is 1. The van der Waals surface area contributed by atoms with Crippen molar-refractivity contribution in [2.24, 2.45) is 0 Å². The van der Waals surface area contributed by atoms with E-state index in [9.17, 15) is 4.79 Å². The van der Waals surface area contributed by atoms with Crippen LogP contribution in [0.25, 0.3) is 27.8 Å². The van der Waals surface area contributed by atoms with Crippen LogP contribution in [0.1, 0.15) is 26.3 Å². The third-order valence-electron chi connectivity index (χ3n) is 4.64. The third kappa shape index (κ3) is 4.70. The Hall–Kier alpha value is -3.38. The van der Waals surface area contributed by atoms with Crippen molar-refractivity contribution in [3.05, 3.63) is 77.8 Å². The number of carbonyl (C=O) groups excluding carboxylic acids is 1. The molecule has 0 atom stereocenters. The Labute approximate surface area is 185 Å². The van der Waals surface area contributed by atoms with Crippen LogP contribution < -0.4 is 5.32 Å². The van der Waals surface area contributed by atoms with Crippen molar-refractivity contribution in [3.63, 3.8) is 0 Å². The number of nitrogens with one attached hydrogen (secondary N) is 1. The average Bonchev–Trinajstić information content (AvgIpc) is 3.13. The van der Waals surface area contributed by atoms with E-state index in [1.807, 2.05) is 86.1 Å². The molecule has 0 unspecified atom stereocenters. The average molecular weight is 435 g/mol. The summed E-state index contributed by atoms with van der Waals surface area (Å²) < 4.78 is 7.31. The summed E-state index contributed by atoms with van der Waals surface area (Å²) in [5.74, 6) is 0. The SMILES string of the molecule is CC(C)(C)OC(=O)NCc1cccc(-c2cn(-c3ccccc3)c3c(Cl)ncnc23)c1. The minimum atomic E-state index is -0.538. The van der Waals surface area contributed by atoms with Crippen LogP contribution in [0.2, 0.25) is 5.15 Å². The quantitative estimate of drug-likeness (QED) is 0.414. The smallest absolute Gasteiger partial charge is 0.407 e. The Morgan fingerprint density at radius 3 is 2.61 bits per heavy atom. The molecule has 0 aliphatic heterocycles. The first-order chi connectivity index (χ1) is 14.8. The van der Waals surface area contributed by atoms with Gasteiger partial charge in [0.1, 0.15) is 23.0 Å². The van der Waals surface area contributed by atoms with Crippen LogP contribution in [0.4, 0.5) is 4.79 Å². The van der Waals surface area contributed by atoms with Crippen molar-refractivity contribution in [1.29, 1.82) is 0 Å². The zero-order valence-electron chi connectivity index (χ0n) is 17.6. The number of aromatic nitrogens is 3. The third-order valence-corrected chi connectivity index (χ3v) is 4.92. The summed E-state index contributed by atoms with van der Waals surface area (Å²) in [7, 11) is 0. The number of nitrogens with zero attached hydrogens (tertiary/aromatic N) is 3. The first-order valence-electron chi connectivity index (χ1n) is 9.95. The lowest BCUT2D eigenvalue weighted by molar-refractivity contribution is 0.0523. The molecule has 4 rings (SSSR count). The van der Waals surface area contributed by atoms with Crippen molar-refractivity contribution >= 4 is 28.7 Å². The maximum atomic E-state index is 12.0. The Kier molecular flexibility index (Phi) is 5.65. The topological polar surface area (TPSA) is 69.0 Å². The van der Waals surface area contributed by atoms with Gasteiger partial charge < -0.3 is 14.6 Å². The number of rotatable bonds is 4. The molecule has 0 radical (unpaired) electrons. The first kappa shape index (κ1) is 20.9. The summed E-state index contributed by atoms with van der Waals surface area (Å²) in [5.41, 5.74) is 4.80. The predicted molar refractivity (Wildman–Crippen MR) is 122 cm³/mol. The minimum absolute atomic E-state index is 0.357. The number of amides is 1. The van der Waals surface area contributed by atoms with E-state index < -0.39 is 11.7 Å². The molecule has 2 aromatic carbocycles. The number of hydrogen-bond donors (Lipinski definition) is 1. The molecule has 0 aliphatic rings. The molecule has 0 aliphatic carbocycles. The van der Waals surface area contributed by atoms with Gasteiger partial charge in [-0.05, 0) is 50.1 Å². The molecule has 0 saturated heterocycles. The number of alkyl carbamates (subject to hydrolysis) is 1. The fraction of sp³-hybridized carbons (Fsp3) is 0.208. The van der Waals surface area contributed by atoms with Crippen LogP contribution in [0.15, 0.2) is 67.1 Å². The number of benzene rings is 2. The zero-order chi connectivity index (χ0) is 22.0. The van der Waals surface area contributed by atoms with Crippen molar-refractivity contribution < 1.29 is 9.53 Å². The van der Waals surface area contributed by atoms with Gasteiger partial charge in [0.05, 0.1) is 0 Å². The first-order valence-corrected chi connectivity index (χ1v) is 10.3. The number of halogens is 1. The molecular weight excluding hydrogens is 412 g/mol. The molecule has 0 saturated carbocycles. The lowest BCUT2D eigenvalue weighted by atomic mass is 10.0. The molecule has 6 nitrogen and oxygen atoms in total. The number of ether oxygens (including phenoxy) is 1. The van der Waals surface area contributed by atoms with Crippen LogP contribution in [-0.4, -0.2) is 26.2 Å². The minimum Gasteiger partial charge on any atom is -0.444 e. The van der Waals surface area contributed by atoms with Crippen LogP contribution in [0.5, 0.6) is 0 Å². The molecular formula is C24H23ClN4O2. The van der Waals surface area contributed by atoms with E-state index in [4.69, 9.17) is 16.3 Å². The Morgan fingerprint density at radius 2 is 1.87 bits per heavy atom. The molecule has 0 bridgehead atoms. The summed E-state index contributed by atoms with van der Waals surface area (Å²) >= 11 is 6.45. The van der Waals surface area contributed by atoms with E-state index >= 15 is 0 Å². The molecule has 1 N–H and O–H groups in total. The molecule has 2 aromatic heterocycles. The second-order valence-corrected chi connectivity index (χ2v) is 8.52. The summed E-state index contributed by atoms with van der Waals surface area (Å²) in [4.78, 5) is 20.7. The standard InChI is InChI=1S/C24H23ClN4O2/c1-24(2,3)31-23(30)26-13-16-8-7-9-17(12-16)19-14-29(18-10-5-4-6-11-18)21-20(19)27-15-28-22(21)25/h4-12,14-15H,13H2,1-3H3,(H,26,30). The summed E-state index contributed by atoms with van der Waals surface area (Å²) in [6.07, 6.45) is 3.04. The van der Waals surface area contributed by atoms with Gasteiger partial charge in [0, 0.05) is 24.0 Å². The predicted octanol–water partition coefficient (Wildman–Crippen LogP) is 5.77. The van der Waals surface area contributed by atoms with Gasteiger partial charge in [0.15, 0.2) is 5.15 Å². The summed E-state index contributed by atoms with van der Waals surface area (Å²) in [6, 6.07) is 17.9. The van der Waals surface area contributed by atoms with Crippen LogP contribution in [-0.2, 0) is 11.3 Å². The molecule has 158 valence electrons. The van der Waals surface area contributed by atoms with Crippen molar-refractivity contribution in [3.8, 4) is 16.8 Å². The Balaban J connectivity index is 1.69. The highest BCUT2D eigenvalue weighted by Crippen LogP contribution is 2.34. The maximum Gasteiger partial charge on any atom is 0.407 e. The van der Waals surface area contributed by atoms with E-state index in [2.05, 4.69) is 15.3 Å². The summed E-state index contributed by atoms with van der Waals surface area (Å²) in [6.45, 7) is 5.86. The second kappa shape index (κ2) is 8.40. The van der Waals surface area contributed by atoms with E-state index in [0.717, 1.165) is 33.4 Å². The lowest BCUT2D eigenvalue weighted by Gasteiger charge is -2.19. The molecule has 0 spiro atoms. The molecule has 31 heavy (non-hydrogen) atoms. The Bertz CT molecular complexity index is 1230. The largest absolute Gasteiger partial charge is 0.444 e. The Morgan fingerprint density at radius 1 is 1.10 bits per heavy atom. The zero-order valence-corrected chi connectivity index (χ0v) is 18.3. The monoisotopic (exact) mass is 434 g/mol. The van der Waals surface area contributed by atoms with Gasteiger partial charge in [-0.2, -0.15) is 0 Å². The molecule has 0 fully saturated rings. The van der Waals surface area contributed by atoms with Crippen LogP contribution in [0, 0.1) is 0 Å². The highest BCUT2D eigenvalue weighted by Gasteiger charge is 2.18. The highest BCUT2D eigenvalue weighted by atomic mass is 35.5. The lowest BCUT2D eigenvalue weighted by Crippen LogP contribution is -2.32. The van der Waals surface area contributed by atoms with Crippen molar-refractivity contribution in [2.75, 3.05) is 0 Å². The highest BCUT2D eigenvalue weighted by molar-refractivity contribution is 6.34. The number of hydrogen-bond acceptors (Lipinski definition) is 4. The van der Waals surface area contributed by atoms with Gasteiger partial charge in [0.2, 0.25) is 0 Å². The molecule has 7 heteroatoms. The van der Waals surface area contributed by atoms with E-state index in [1.54, 1.807) is 0 Å². The summed E-state index contributed by atoms with van der Waals surface area (Å²) in [5, 5.41) is 3.19. The molecule has 1 amide bonds. The van der Waals surface area contributed by atoms with Gasteiger partial charge in [-0.1, -0.05) is 48.0 Å². The maximum absolute atomic E-state index is 12.0. The van der Waals surface area contributed by atoms with Crippen molar-refractivity contribution in [1.82, 2.24) is 19.9 Å². The van der Waals surface area contributed by atoms with Gasteiger partial charge in [-0.25, -0.2) is 14.8 Å². The van der Waals surface area contributed by atoms with Gasteiger partial charge in [-0.3, -0.25) is 0 Å². The van der Waals surface area contributed by atoms with Crippen molar-refractivity contribution in [2.45, 2.75) is 32.9 Å². The van der Waals surface area contributed by atoms with Crippen LogP contribution in [0.3, 0.4) is 0 Å². The number of carbonyl (C=O) groups is 1.